The zero-order chi connectivity index (χ0) is 22.9. The molecule has 3 heterocycles. The van der Waals surface area contributed by atoms with Crippen LogP contribution in [0.15, 0.2) is 54.6 Å². The van der Waals surface area contributed by atoms with Crippen LogP contribution in [0.2, 0.25) is 0 Å². The number of hydrogen-bond donors (Lipinski definition) is 1. The number of carbonyl (C=O) groups excluding carboxylic acids is 1. The maximum Gasteiger partial charge on any atom is 0.168 e. The van der Waals surface area contributed by atoms with Crippen molar-refractivity contribution >= 4 is 11.5 Å². The molecular weight excluding hydrogens is 404 g/mol. The number of para-hydroxylation sites is 1. The molecule has 0 aliphatic carbocycles. The standard InChI is InChI=1S/C30H36N2O/c1-4-7-17-25-27(30(33)20(5-2)6-3)26(21-13-9-8-10-14-21)29-28-23(18-19-32(25)29)22-15-11-12-16-24(22)31-28/h8-16,20,23,28,31H,4-7,17-19H2,1-3H3/t23-,28+/m0/s1. The van der Waals surface area contributed by atoms with E-state index >= 15 is 0 Å². The molecule has 0 unspecified atom stereocenters. The van der Waals surface area contributed by atoms with Gasteiger partial charge in [-0.1, -0.05) is 75.7 Å². The van der Waals surface area contributed by atoms with Crippen molar-refractivity contribution in [1.82, 2.24) is 4.57 Å². The van der Waals surface area contributed by atoms with Crippen LogP contribution in [-0.2, 0) is 13.0 Å². The van der Waals surface area contributed by atoms with Gasteiger partial charge in [-0.25, -0.2) is 0 Å². The van der Waals surface area contributed by atoms with E-state index in [9.17, 15) is 4.79 Å². The summed E-state index contributed by atoms with van der Waals surface area (Å²) in [6.07, 6.45) is 6.13. The number of benzene rings is 2. The lowest BCUT2D eigenvalue weighted by Gasteiger charge is -2.30. The fourth-order valence-corrected chi connectivity index (χ4v) is 6.15. The Kier molecular flexibility index (Phi) is 6.14. The highest BCUT2D eigenvalue weighted by Crippen LogP contribution is 2.53. The summed E-state index contributed by atoms with van der Waals surface area (Å²) in [5, 5.41) is 3.86. The van der Waals surface area contributed by atoms with Crippen molar-refractivity contribution in [3.8, 4) is 11.1 Å². The predicted octanol–water partition coefficient (Wildman–Crippen LogP) is 7.77. The molecule has 2 atom stereocenters. The number of aromatic nitrogens is 1. The molecule has 0 saturated carbocycles. The Hall–Kier alpha value is -2.81. The molecule has 2 aromatic carbocycles. The van der Waals surface area contributed by atoms with Gasteiger partial charge in [0.05, 0.1) is 6.04 Å². The number of rotatable bonds is 8. The summed E-state index contributed by atoms with van der Waals surface area (Å²) in [6, 6.07) is 19.6. The third kappa shape index (κ3) is 3.62. The number of carbonyl (C=O) groups is 1. The maximum atomic E-state index is 14.1. The van der Waals surface area contributed by atoms with Crippen LogP contribution in [-0.4, -0.2) is 10.4 Å². The number of hydrogen-bond acceptors (Lipinski definition) is 2. The van der Waals surface area contributed by atoms with Gasteiger partial charge in [-0.05, 0) is 49.3 Å². The smallest absolute Gasteiger partial charge is 0.168 e. The van der Waals surface area contributed by atoms with Crippen LogP contribution in [0.25, 0.3) is 11.1 Å². The van der Waals surface area contributed by atoms with Crippen molar-refractivity contribution in [2.24, 2.45) is 5.92 Å². The zero-order valence-corrected chi connectivity index (χ0v) is 20.2. The normalized spacial score (nSPS) is 18.5. The Labute approximate surface area is 198 Å². The van der Waals surface area contributed by atoms with Crippen LogP contribution < -0.4 is 5.32 Å². The number of anilines is 1. The fourth-order valence-electron chi connectivity index (χ4n) is 6.15. The molecule has 1 N–H and O–H groups in total. The van der Waals surface area contributed by atoms with Crippen molar-refractivity contribution in [3.05, 3.63) is 77.1 Å². The minimum absolute atomic E-state index is 0.0850. The lowest BCUT2D eigenvalue weighted by Crippen LogP contribution is -2.25. The second-order valence-corrected chi connectivity index (χ2v) is 9.69. The van der Waals surface area contributed by atoms with E-state index in [1.807, 2.05) is 0 Å². The van der Waals surface area contributed by atoms with Crippen LogP contribution >= 0.6 is 0 Å². The summed E-state index contributed by atoms with van der Waals surface area (Å²) in [6.45, 7) is 7.54. The molecular formula is C30H36N2O. The summed E-state index contributed by atoms with van der Waals surface area (Å²) in [5.74, 6) is 0.891. The Morgan fingerprint density at radius 2 is 1.76 bits per heavy atom. The number of Topliss-reactive ketones (excluding diaryl/α,β-unsaturated/α-hetero) is 1. The van der Waals surface area contributed by atoms with Crippen molar-refractivity contribution < 1.29 is 4.79 Å². The first-order valence-corrected chi connectivity index (χ1v) is 12.9. The second-order valence-electron chi connectivity index (χ2n) is 9.69. The quantitative estimate of drug-likeness (QED) is 0.363. The van der Waals surface area contributed by atoms with Gasteiger partial charge < -0.3 is 9.88 Å². The Morgan fingerprint density at radius 3 is 2.48 bits per heavy atom. The predicted molar refractivity (Wildman–Crippen MR) is 137 cm³/mol. The molecule has 2 aliphatic heterocycles. The van der Waals surface area contributed by atoms with Gasteiger partial charge in [0, 0.05) is 46.6 Å². The van der Waals surface area contributed by atoms with Gasteiger partial charge in [0.25, 0.3) is 0 Å². The van der Waals surface area contributed by atoms with Crippen molar-refractivity contribution in [2.45, 2.75) is 77.8 Å². The van der Waals surface area contributed by atoms with E-state index in [0.29, 0.717) is 11.7 Å². The molecule has 0 spiro atoms. The lowest BCUT2D eigenvalue weighted by molar-refractivity contribution is 0.0913. The Balaban J connectivity index is 1.76. The summed E-state index contributed by atoms with van der Waals surface area (Å²) in [5.41, 5.74) is 8.66. The van der Waals surface area contributed by atoms with Gasteiger partial charge in [0.2, 0.25) is 0 Å². The molecule has 0 bridgehead atoms. The molecule has 0 saturated heterocycles. The Morgan fingerprint density at radius 1 is 1.03 bits per heavy atom. The van der Waals surface area contributed by atoms with E-state index in [2.05, 4.69) is 85.3 Å². The largest absolute Gasteiger partial charge is 0.376 e. The SMILES string of the molecule is CCCCc1c(C(=O)C(CC)CC)c(-c2ccccc2)c2n1CC[C@H]1c3ccccc3N[C@@H]21. The van der Waals surface area contributed by atoms with Gasteiger partial charge in [-0.2, -0.15) is 0 Å². The summed E-state index contributed by atoms with van der Waals surface area (Å²) in [7, 11) is 0. The molecule has 3 nitrogen and oxygen atoms in total. The topological polar surface area (TPSA) is 34.0 Å². The van der Waals surface area contributed by atoms with Crippen molar-refractivity contribution in [3.63, 3.8) is 0 Å². The molecule has 33 heavy (non-hydrogen) atoms. The van der Waals surface area contributed by atoms with E-state index in [1.54, 1.807) is 0 Å². The van der Waals surface area contributed by atoms with Crippen molar-refractivity contribution in [2.75, 3.05) is 5.32 Å². The van der Waals surface area contributed by atoms with E-state index in [4.69, 9.17) is 0 Å². The highest BCUT2D eigenvalue weighted by Gasteiger charge is 2.42. The molecule has 0 amide bonds. The number of nitrogens with zero attached hydrogens (tertiary/aromatic N) is 1. The molecule has 5 rings (SSSR count). The monoisotopic (exact) mass is 440 g/mol. The number of nitrogens with one attached hydrogen (secondary N) is 1. The number of fused-ring (bicyclic) bond motifs is 5. The zero-order valence-electron chi connectivity index (χ0n) is 20.2. The van der Waals surface area contributed by atoms with Crippen LogP contribution in [0.5, 0.6) is 0 Å². The highest BCUT2D eigenvalue weighted by atomic mass is 16.1. The third-order valence-corrected chi connectivity index (χ3v) is 7.88. The van der Waals surface area contributed by atoms with E-state index in [0.717, 1.165) is 50.6 Å². The van der Waals surface area contributed by atoms with Crippen LogP contribution in [0.4, 0.5) is 5.69 Å². The van der Waals surface area contributed by atoms with Crippen LogP contribution in [0.1, 0.15) is 92.1 Å². The number of unbranched alkanes of at least 4 members (excludes halogenated alkanes) is 1. The minimum atomic E-state index is 0.0850. The molecule has 1 aromatic heterocycles. The first-order valence-electron chi connectivity index (χ1n) is 12.9. The van der Waals surface area contributed by atoms with E-state index < -0.39 is 0 Å². The molecule has 2 aliphatic rings. The fraction of sp³-hybridized carbons (Fsp3) is 0.433. The molecule has 3 heteroatoms. The average molecular weight is 441 g/mol. The highest BCUT2D eigenvalue weighted by molar-refractivity contribution is 6.06. The average Bonchev–Trinajstić information content (AvgIpc) is 3.39. The molecule has 172 valence electrons. The van der Waals surface area contributed by atoms with Crippen molar-refractivity contribution in [1.29, 1.82) is 0 Å². The number of ketones is 1. The second kappa shape index (κ2) is 9.21. The van der Waals surface area contributed by atoms with Gasteiger partial charge in [0.1, 0.15) is 0 Å². The van der Waals surface area contributed by atoms with Gasteiger partial charge in [-0.3, -0.25) is 4.79 Å². The van der Waals surface area contributed by atoms with E-state index in [1.165, 1.54) is 33.8 Å². The summed E-state index contributed by atoms with van der Waals surface area (Å²) >= 11 is 0. The third-order valence-electron chi connectivity index (χ3n) is 7.88. The van der Waals surface area contributed by atoms with Gasteiger partial charge in [-0.15, -0.1) is 0 Å². The molecule has 0 radical (unpaired) electrons. The van der Waals surface area contributed by atoms with Crippen LogP contribution in [0.3, 0.4) is 0 Å². The molecule has 3 aromatic rings. The first-order chi connectivity index (χ1) is 16.2. The summed E-state index contributed by atoms with van der Waals surface area (Å²) < 4.78 is 2.54. The molecule has 0 fully saturated rings. The van der Waals surface area contributed by atoms with Crippen LogP contribution in [0, 0.1) is 5.92 Å². The Bertz CT molecular complexity index is 1140. The van der Waals surface area contributed by atoms with Gasteiger partial charge in [0.15, 0.2) is 5.78 Å². The lowest BCUT2D eigenvalue weighted by atomic mass is 9.83. The maximum absolute atomic E-state index is 14.1. The minimum Gasteiger partial charge on any atom is -0.376 e. The van der Waals surface area contributed by atoms with E-state index in [-0.39, 0.29) is 12.0 Å². The van der Waals surface area contributed by atoms with Gasteiger partial charge >= 0.3 is 0 Å². The summed E-state index contributed by atoms with van der Waals surface area (Å²) in [4.78, 5) is 14.1. The first kappa shape index (κ1) is 22.0.